The van der Waals surface area contributed by atoms with Crippen molar-refractivity contribution in [3.63, 3.8) is 0 Å². The van der Waals surface area contributed by atoms with E-state index in [-0.39, 0.29) is 11.8 Å². The molecule has 0 unspecified atom stereocenters. The van der Waals surface area contributed by atoms with Gasteiger partial charge in [-0.05, 0) is 77.9 Å². The Morgan fingerprint density at radius 3 is 1.24 bits per heavy atom. The summed E-state index contributed by atoms with van der Waals surface area (Å²) >= 11 is 0. The van der Waals surface area contributed by atoms with Crippen molar-refractivity contribution in [2.45, 2.75) is 13.1 Å². The van der Waals surface area contributed by atoms with Crippen LogP contribution in [-0.4, -0.2) is 26.0 Å². The maximum atomic E-state index is 14.0. The van der Waals surface area contributed by atoms with E-state index in [1.165, 1.54) is 0 Å². The topological polar surface area (TPSA) is 59.1 Å². The van der Waals surface area contributed by atoms with Gasteiger partial charge in [0.25, 0.3) is 11.8 Å². The lowest BCUT2D eigenvalue weighted by Crippen LogP contribution is -2.32. The van der Waals surface area contributed by atoms with E-state index in [2.05, 4.69) is 0 Å². The fourth-order valence-electron chi connectivity index (χ4n) is 4.71. The van der Waals surface area contributed by atoms with Crippen molar-refractivity contribution in [3.8, 4) is 11.5 Å². The van der Waals surface area contributed by atoms with E-state index in [0.717, 1.165) is 22.5 Å². The maximum Gasteiger partial charge on any atom is 0.258 e. The predicted octanol–water partition coefficient (Wildman–Crippen LogP) is 7.40. The van der Waals surface area contributed by atoms with Gasteiger partial charge in [0, 0.05) is 22.5 Å². The average Bonchev–Trinajstić information content (AvgIpc) is 3.06. The highest BCUT2D eigenvalue weighted by Gasteiger charge is 2.23. The van der Waals surface area contributed by atoms with Crippen LogP contribution in [0.2, 0.25) is 0 Å². The highest BCUT2D eigenvalue weighted by Crippen LogP contribution is 2.26. The SMILES string of the molecule is COc1ccc(N(Cc2ccccc2)C(=O)c2cccc(C(=O)N(Cc3ccccc3)c3ccc(OC)cc3)c2)cc1. The fraction of sp³-hybridized carbons (Fsp3) is 0.111. The van der Waals surface area contributed by atoms with Crippen LogP contribution < -0.4 is 19.3 Å². The Labute approximate surface area is 246 Å². The molecule has 5 rings (SSSR count). The number of rotatable bonds is 10. The van der Waals surface area contributed by atoms with Crippen LogP contribution in [0.25, 0.3) is 0 Å². The Balaban J connectivity index is 1.48. The minimum atomic E-state index is -0.210. The van der Waals surface area contributed by atoms with Gasteiger partial charge in [0.15, 0.2) is 0 Å². The molecular formula is C36H32N2O4. The van der Waals surface area contributed by atoms with Crippen molar-refractivity contribution in [1.82, 2.24) is 0 Å². The summed E-state index contributed by atoms with van der Waals surface area (Å²) in [5, 5.41) is 0. The lowest BCUT2D eigenvalue weighted by molar-refractivity contribution is 0.0984. The van der Waals surface area contributed by atoms with Gasteiger partial charge in [0.2, 0.25) is 0 Å². The van der Waals surface area contributed by atoms with Crippen molar-refractivity contribution in [2.24, 2.45) is 0 Å². The van der Waals surface area contributed by atoms with Crippen molar-refractivity contribution in [3.05, 3.63) is 156 Å². The average molecular weight is 557 g/mol. The summed E-state index contributed by atoms with van der Waals surface area (Å²) < 4.78 is 10.6. The smallest absolute Gasteiger partial charge is 0.258 e. The summed E-state index contributed by atoms with van der Waals surface area (Å²) in [5.74, 6) is 0.987. The minimum Gasteiger partial charge on any atom is -0.497 e. The van der Waals surface area contributed by atoms with Crippen LogP contribution in [-0.2, 0) is 13.1 Å². The third-order valence-corrected chi connectivity index (χ3v) is 6.98. The second-order valence-electron chi connectivity index (χ2n) is 9.73. The first-order valence-corrected chi connectivity index (χ1v) is 13.7. The molecule has 0 heterocycles. The van der Waals surface area contributed by atoms with Crippen LogP contribution in [0.3, 0.4) is 0 Å². The molecule has 0 atom stereocenters. The summed E-state index contributed by atoms with van der Waals surface area (Å²) in [6.45, 7) is 0.742. The molecule has 0 N–H and O–H groups in total. The number of hydrogen-bond donors (Lipinski definition) is 0. The van der Waals surface area contributed by atoms with Gasteiger partial charge in [0.05, 0.1) is 27.3 Å². The first kappa shape index (κ1) is 28.2. The standard InChI is InChI=1S/C36H32N2O4/c1-41-33-20-16-31(17-21-33)37(25-27-10-5-3-6-11-27)35(39)29-14-9-15-30(24-29)36(40)38(26-28-12-7-4-8-13-28)32-18-22-34(42-2)23-19-32/h3-24H,25-26H2,1-2H3. The number of carbonyl (C=O) groups is 2. The predicted molar refractivity (Wildman–Crippen MR) is 166 cm³/mol. The van der Waals surface area contributed by atoms with E-state index in [4.69, 9.17) is 9.47 Å². The first-order chi connectivity index (χ1) is 20.6. The third-order valence-electron chi connectivity index (χ3n) is 6.98. The second-order valence-corrected chi connectivity index (χ2v) is 9.73. The zero-order valence-electron chi connectivity index (χ0n) is 23.6. The summed E-state index contributed by atoms with van der Waals surface area (Å²) in [7, 11) is 3.22. The van der Waals surface area contributed by atoms with Crippen LogP contribution in [0.4, 0.5) is 11.4 Å². The lowest BCUT2D eigenvalue weighted by Gasteiger charge is -2.25. The largest absolute Gasteiger partial charge is 0.497 e. The van der Waals surface area contributed by atoms with E-state index < -0.39 is 0 Å². The van der Waals surface area contributed by atoms with Gasteiger partial charge in [-0.25, -0.2) is 0 Å². The van der Waals surface area contributed by atoms with E-state index in [9.17, 15) is 9.59 Å². The number of hydrogen-bond acceptors (Lipinski definition) is 4. The van der Waals surface area contributed by atoms with Gasteiger partial charge in [-0.3, -0.25) is 9.59 Å². The van der Waals surface area contributed by atoms with Gasteiger partial charge in [-0.15, -0.1) is 0 Å². The number of methoxy groups -OCH3 is 2. The van der Waals surface area contributed by atoms with Crippen molar-refractivity contribution < 1.29 is 19.1 Å². The Bertz CT molecular complexity index is 1500. The van der Waals surface area contributed by atoms with Gasteiger partial charge >= 0.3 is 0 Å². The highest BCUT2D eigenvalue weighted by atomic mass is 16.5. The van der Waals surface area contributed by atoms with Gasteiger partial charge in [-0.2, -0.15) is 0 Å². The summed E-state index contributed by atoms with van der Waals surface area (Å²) in [6.07, 6.45) is 0. The molecule has 0 saturated heterocycles. The molecule has 0 aliphatic carbocycles. The molecule has 6 nitrogen and oxygen atoms in total. The zero-order valence-corrected chi connectivity index (χ0v) is 23.6. The zero-order chi connectivity index (χ0) is 29.3. The number of amides is 2. The third kappa shape index (κ3) is 6.67. The Hall–Kier alpha value is -5.36. The monoisotopic (exact) mass is 556 g/mol. The number of benzene rings is 5. The molecule has 5 aromatic rings. The quantitative estimate of drug-likeness (QED) is 0.180. The molecule has 2 amide bonds. The minimum absolute atomic E-state index is 0.210. The Morgan fingerprint density at radius 1 is 0.500 bits per heavy atom. The molecule has 42 heavy (non-hydrogen) atoms. The van der Waals surface area contributed by atoms with Crippen molar-refractivity contribution in [1.29, 1.82) is 0 Å². The Kier molecular flexibility index (Phi) is 8.94. The molecular weight excluding hydrogens is 524 g/mol. The van der Waals surface area contributed by atoms with E-state index in [0.29, 0.717) is 35.7 Å². The Morgan fingerprint density at radius 2 is 0.881 bits per heavy atom. The van der Waals surface area contributed by atoms with Crippen LogP contribution in [0, 0.1) is 0 Å². The first-order valence-electron chi connectivity index (χ1n) is 13.7. The second kappa shape index (κ2) is 13.3. The lowest BCUT2D eigenvalue weighted by atomic mass is 10.1. The molecule has 5 aromatic carbocycles. The molecule has 0 bridgehead atoms. The van der Waals surface area contributed by atoms with Crippen LogP contribution in [0.15, 0.2) is 133 Å². The van der Waals surface area contributed by atoms with Crippen LogP contribution >= 0.6 is 0 Å². The van der Waals surface area contributed by atoms with E-state index in [1.807, 2.05) is 109 Å². The van der Waals surface area contributed by atoms with Gasteiger partial charge < -0.3 is 19.3 Å². The maximum absolute atomic E-state index is 14.0. The van der Waals surface area contributed by atoms with E-state index >= 15 is 0 Å². The van der Waals surface area contributed by atoms with Gasteiger partial charge in [0.1, 0.15) is 11.5 Å². The number of carbonyl (C=O) groups excluding carboxylic acids is 2. The molecule has 0 radical (unpaired) electrons. The van der Waals surface area contributed by atoms with E-state index in [1.54, 1.807) is 48.3 Å². The molecule has 0 aliphatic rings. The highest BCUT2D eigenvalue weighted by molar-refractivity contribution is 6.10. The normalized spacial score (nSPS) is 10.5. The van der Waals surface area contributed by atoms with Gasteiger partial charge in [-0.1, -0.05) is 66.7 Å². The summed E-state index contributed by atoms with van der Waals surface area (Å²) in [4.78, 5) is 31.5. The number of anilines is 2. The summed E-state index contributed by atoms with van der Waals surface area (Å²) in [6, 6.07) is 41.3. The molecule has 210 valence electrons. The summed E-state index contributed by atoms with van der Waals surface area (Å²) in [5.41, 5.74) is 4.27. The number of nitrogens with zero attached hydrogens (tertiary/aromatic N) is 2. The van der Waals surface area contributed by atoms with Crippen molar-refractivity contribution in [2.75, 3.05) is 24.0 Å². The molecule has 0 aliphatic heterocycles. The van der Waals surface area contributed by atoms with Crippen LogP contribution in [0.5, 0.6) is 11.5 Å². The molecule has 0 fully saturated rings. The molecule has 0 saturated carbocycles. The molecule has 6 heteroatoms. The van der Waals surface area contributed by atoms with Crippen molar-refractivity contribution >= 4 is 23.2 Å². The number of ether oxygens (including phenoxy) is 2. The van der Waals surface area contributed by atoms with Crippen LogP contribution in [0.1, 0.15) is 31.8 Å². The molecule has 0 spiro atoms. The molecule has 0 aromatic heterocycles. The fourth-order valence-corrected chi connectivity index (χ4v) is 4.71.